The summed E-state index contributed by atoms with van der Waals surface area (Å²) in [4.78, 5) is 11.7. The van der Waals surface area contributed by atoms with E-state index in [4.69, 9.17) is 5.11 Å². The number of carbonyl (C=O) groups is 1. The summed E-state index contributed by atoms with van der Waals surface area (Å²) in [6.45, 7) is -0.0886. The first-order chi connectivity index (χ1) is 9.60. The van der Waals surface area contributed by atoms with Crippen LogP contribution in [0, 0.1) is 11.6 Å². The lowest BCUT2D eigenvalue weighted by Gasteiger charge is -2.07. The van der Waals surface area contributed by atoms with Gasteiger partial charge in [-0.2, -0.15) is 0 Å². The molecule has 104 valence electrons. The monoisotopic (exact) mass is 277 g/mol. The van der Waals surface area contributed by atoms with Crippen LogP contribution in [0.4, 0.5) is 14.5 Å². The third-order valence-electron chi connectivity index (χ3n) is 2.82. The molecule has 3 nitrogen and oxygen atoms in total. The van der Waals surface area contributed by atoms with Crippen LogP contribution in [0.1, 0.15) is 11.1 Å². The molecule has 0 atom stereocenters. The number of hydrogen-bond acceptors (Lipinski definition) is 2. The molecule has 0 bridgehead atoms. The van der Waals surface area contributed by atoms with Crippen molar-refractivity contribution in [3.63, 3.8) is 0 Å². The zero-order chi connectivity index (χ0) is 14.5. The number of aliphatic hydroxyl groups excluding tert-OH is 1. The van der Waals surface area contributed by atoms with Gasteiger partial charge in [0.2, 0.25) is 5.91 Å². The normalized spacial score (nSPS) is 10.3. The zero-order valence-corrected chi connectivity index (χ0v) is 10.6. The second kappa shape index (κ2) is 6.25. The summed E-state index contributed by atoms with van der Waals surface area (Å²) in [6, 6.07) is 10.0. The quantitative estimate of drug-likeness (QED) is 0.902. The van der Waals surface area contributed by atoms with Crippen molar-refractivity contribution in [2.75, 3.05) is 5.32 Å². The molecule has 2 aromatic rings. The van der Waals surface area contributed by atoms with E-state index in [1.807, 2.05) is 0 Å². The molecule has 0 spiro atoms. The Bertz CT molecular complexity index is 592. The minimum absolute atomic E-state index is 0.0886. The van der Waals surface area contributed by atoms with Crippen LogP contribution in [0.5, 0.6) is 0 Å². The van der Waals surface area contributed by atoms with Gasteiger partial charge in [-0.25, -0.2) is 8.78 Å². The summed E-state index contributed by atoms with van der Waals surface area (Å²) in [7, 11) is 0. The Kier molecular flexibility index (Phi) is 4.42. The SMILES string of the molecule is O=C(Cc1c(F)cccc1F)Nc1ccc(CO)cc1. The fourth-order valence-electron chi connectivity index (χ4n) is 1.76. The molecule has 0 fully saturated rings. The highest BCUT2D eigenvalue weighted by atomic mass is 19.1. The third-order valence-corrected chi connectivity index (χ3v) is 2.82. The number of hydrogen-bond donors (Lipinski definition) is 2. The Balaban J connectivity index is 2.05. The number of nitrogens with one attached hydrogen (secondary N) is 1. The van der Waals surface area contributed by atoms with Crippen LogP contribution in [0.2, 0.25) is 0 Å². The van der Waals surface area contributed by atoms with Gasteiger partial charge in [0.1, 0.15) is 11.6 Å². The highest BCUT2D eigenvalue weighted by Crippen LogP contribution is 2.14. The van der Waals surface area contributed by atoms with Crippen LogP contribution in [0.15, 0.2) is 42.5 Å². The van der Waals surface area contributed by atoms with Crippen molar-refractivity contribution < 1.29 is 18.7 Å². The van der Waals surface area contributed by atoms with Gasteiger partial charge in [0.15, 0.2) is 0 Å². The second-order valence-corrected chi connectivity index (χ2v) is 4.28. The lowest BCUT2D eigenvalue weighted by Crippen LogP contribution is -2.16. The summed E-state index contributed by atoms with van der Waals surface area (Å²) >= 11 is 0. The molecule has 0 aliphatic heterocycles. The van der Waals surface area contributed by atoms with Gasteiger partial charge in [0, 0.05) is 11.3 Å². The number of rotatable bonds is 4. The molecule has 0 saturated carbocycles. The average molecular weight is 277 g/mol. The molecule has 5 heteroatoms. The lowest BCUT2D eigenvalue weighted by molar-refractivity contribution is -0.115. The van der Waals surface area contributed by atoms with Crippen LogP contribution >= 0.6 is 0 Å². The molecule has 0 heterocycles. The number of anilines is 1. The molecule has 0 aliphatic carbocycles. The molecule has 0 radical (unpaired) electrons. The van der Waals surface area contributed by atoms with E-state index in [0.29, 0.717) is 11.3 Å². The van der Waals surface area contributed by atoms with Crippen LogP contribution in [-0.4, -0.2) is 11.0 Å². The fourth-order valence-corrected chi connectivity index (χ4v) is 1.76. The van der Waals surface area contributed by atoms with E-state index in [1.165, 1.54) is 6.07 Å². The van der Waals surface area contributed by atoms with Crippen molar-refractivity contribution in [1.82, 2.24) is 0 Å². The van der Waals surface area contributed by atoms with Crippen molar-refractivity contribution in [3.05, 3.63) is 65.2 Å². The summed E-state index contributed by atoms with van der Waals surface area (Å²) in [5.74, 6) is -1.99. The van der Waals surface area contributed by atoms with Gasteiger partial charge in [-0.3, -0.25) is 4.79 Å². The molecule has 0 saturated heterocycles. The minimum atomic E-state index is -0.740. The Labute approximate surface area is 114 Å². The second-order valence-electron chi connectivity index (χ2n) is 4.28. The topological polar surface area (TPSA) is 49.3 Å². The van der Waals surface area contributed by atoms with Crippen LogP contribution in [0.3, 0.4) is 0 Å². The summed E-state index contributed by atoms with van der Waals surface area (Å²) in [6.07, 6.45) is -0.375. The Hall–Kier alpha value is -2.27. The van der Waals surface area contributed by atoms with E-state index < -0.39 is 17.5 Å². The van der Waals surface area contributed by atoms with E-state index >= 15 is 0 Å². The van der Waals surface area contributed by atoms with Crippen LogP contribution in [0.25, 0.3) is 0 Å². The largest absolute Gasteiger partial charge is 0.392 e. The molecule has 0 aromatic heterocycles. The Morgan fingerprint density at radius 1 is 1.05 bits per heavy atom. The maximum Gasteiger partial charge on any atom is 0.229 e. The maximum atomic E-state index is 13.4. The third kappa shape index (κ3) is 3.39. The smallest absolute Gasteiger partial charge is 0.229 e. The molecular weight excluding hydrogens is 264 g/mol. The first-order valence-corrected chi connectivity index (χ1v) is 6.02. The predicted octanol–water partition coefficient (Wildman–Crippen LogP) is 2.64. The molecule has 1 amide bonds. The van der Waals surface area contributed by atoms with Gasteiger partial charge >= 0.3 is 0 Å². The number of halogens is 2. The van der Waals surface area contributed by atoms with Crippen molar-refractivity contribution in [1.29, 1.82) is 0 Å². The molecule has 2 N–H and O–H groups in total. The standard InChI is InChI=1S/C15H13F2NO2/c16-13-2-1-3-14(17)12(13)8-15(20)18-11-6-4-10(9-19)5-7-11/h1-7,19H,8-9H2,(H,18,20). The Morgan fingerprint density at radius 2 is 1.65 bits per heavy atom. The number of carbonyl (C=O) groups excluding carboxylic acids is 1. The van der Waals surface area contributed by atoms with Gasteiger partial charge in [0.05, 0.1) is 13.0 Å². The van der Waals surface area contributed by atoms with Gasteiger partial charge in [-0.05, 0) is 29.8 Å². The van der Waals surface area contributed by atoms with Crippen molar-refractivity contribution in [2.24, 2.45) is 0 Å². The highest BCUT2D eigenvalue weighted by Gasteiger charge is 2.13. The lowest BCUT2D eigenvalue weighted by atomic mass is 10.1. The number of aliphatic hydroxyl groups is 1. The Morgan fingerprint density at radius 3 is 2.20 bits per heavy atom. The predicted molar refractivity (Wildman–Crippen MR) is 71.1 cm³/mol. The highest BCUT2D eigenvalue weighted by molar-refractivity contribution is 5.92. The van der Waals surface area contributed by atoms with Crippen molar-refractivity contribution in [2.45, 2.75) is 13.0 Å². The number of benzene rings is 2. The van der Waals surface area contributed by atoms with Gasteiger partial charge < -0.3 is 10.4 Å². The molecule has 2 rings (SSSR count). The van der Waals surface area contributed by atoms with Crippen LogP contribution in [-0.2, 0) is 17.8 Å². The van der Waals surface area contributed by atoms with E-state index in [2.05, 4.69) is 5.32 Å². The molecule has 0 aliphatic rings. The maximum absolute atomic E-state index is 13.4. The fraction of sp³-hybridized carbons (Fsp3) is 0.133. The summed E-state index contributed by atoms with van der Waals surface area (Å²) in [5.41, 5.74) is 0.962. The first-order valence-electron chi connectivity index (χ1n) is 6.02. The van der Waals surface area contributed by atoms with E-state index in [0.717, 1.165) is 12.1 Å². The summed E-state index contributed by atoms with van der Waals surface area (Å²) in [5, 5.41) is 11.4. The summed E-state index contributed by atoms with van der Waals surface area (Å²) < 4.78 is 26.8. The molecule has 0 unspecified atom stereocenters. The van der Waals surface area contributed by atoms with E-state index in [-0.39, 0.29) is 18.6 Å². The molecule has 2 aromatic carbocycles. The average Bonchev–Trinajstić information content (AvgIpc) is 2.44. The van der Waals surface area contributed by atoms with Crippen molar-refractivity contribution in [3.8, 4) is 0 Å². The first kappa shape index (κ1) is 14.1. The molecule has 20 heavy (non-hydrogen) atoms. The van der Waals surface area contributed by atoms with Crippen molar-refractivity contribution >= 4 is 11.6 Å². The van der Waals surface area contributed by atoms with Crippen LogP contribution < -0.4 is 5.32 Å². The molecular formula is C15H13F2NO2. The minimum Gasteiger partial charge on any atom is -0.392 e. The van der Waals surface area contributed by atoms with E-state index in [1.54, 1.807) is 24.3 Å². The zero-order valence-electron chi connectivity index (χ0n) is 10.6. The van der Waals surface area contributed by atoms with Gasteiger partial charge in [-0.1, -0.05) is 18.2 Å². The van der Waals surface area contributed by atoms with Gasteiger partial charge in [0.25, 0.3) is 0 Å². The van der Waals surface area contributed by atoms with E-state index in [9.17, 15) is 13.6 Å². The van der Waals surface area contributed by atoms with Gasteiger partial charge in [-0.15, -0.1) is 0 Å². The number of amides is 1.